The first-order valence-electron chi connectivity index (χ1n) is 7.25. The van der Waals surface area contributed by atoms with Crippen LogP contribution in [0.2, 0.25) is 4.34 Å². The molecule has 6 heteroatoms. The second-order valence-corrected chi connectivity index (χ2v) is 7.29. The van der Waals surface area contributed by atoms with E-state index in [9.17, 15) is 10.1 Å². The van der Waals surface area contributed by atoms with Crippen molar-refractivity contribution in [2.24, 2.45) is 0 Å². The van der Waals surface area contributed by atoms with E-state index in [0.717, 1.165) is 41.3 Å². The maximum atomic E-state index is 12.1. The van der Waals surface area contributed by atoms with Crippen LogP contribution in [0.1, 0.15) is 49.9 Å². The molecule has 1 aliphatic carbocycles. The summed E-state index contributed by atoms with van der Waals surface area (Å²) in [6, 6.07) is 6.18. The smallest absolute Gasteiger partial charge is 0.235 e. The lowest BCUT2D eigenvalue weighted by atomic mass is 9.83. The Hall–Kier alpha value is -1.09. The number of carbonyl (C=O) groups excluding carboxylic acids is 1. The van der Waals surface area contributed by atoms with Gasteiger partial charge in [-0.3, -0.25) is 4.79 Å². The van der Waals surface area contributed by atoms with Gasteiger partial charge in [-0.25, -0.2) is 0 Å². The third kappa shape index (κ3) is 4.44. The van der Waals surface area contributed by atoms with Crippen molar-refractivity contribution in [3.8, 4) is 6.07 Å². The second-order valence-electron chi connectivity index (χ2n) is 5.55. The fraction of sp³-hybridized carbons (Fsp3) is 0.600. The Morgan fingerprint density at radius 3 is 2.76 bits per heavy atom. The Balaban J connectivity index is 1.83. The van der Waals surface area contributed by atoms with Gasteiger partial charge in [0.05, 0.1) is 17.0 Å². The molecule has 1 amide bonds. The van der Waals surface area contributed by atoms with Gasteiger partial charge in [-0.1, -0.05) is 30.9 Å². The second kappa shape index (κ2) is 7.26. The maximum Gasteiger partial charge on any atom is 0.235 e. The van der Waals surface area contributed by atoms with Crippen LogP contribution < -0.4 is 10.6 Å². The van der Waals surface area contributed by atoms with E-state index in [4.69, 9.17) is 11.6 Å². The highest BCUT2D eigenvalue weighted by atomic mass is 35.5. The fourth-order valence-electron chi connectivity index (χ4n) is 2.64. The minimum absolute atomic E-state index is 0.0673. The van der Waals surface area contributed by atoms with Gasteiger partial charge in [0.25, 0.3) is 0 Å². The van der Waals surface area contributed by atoms with Gasteiger partial charge in [0.1, 0.15) is 5.54 Å². The van der Waals surface area contributed by atoms with Crippen molar-refractivity contribution in [2.45, 2.75) is 50.6 Å². The van der Waals surface area contributed by atoms with Gasteiger partial charge in [0, 0.05) is 10.9 Å². The van der Waals surface area contributed by atoms with Crippen molar-refractivity contribution in [3.63, 3.8) is 0 Å². The summed E-state index contributed by atoms with van der Waals surface area (Å²) >= 11 is 7.41. The van der Waals surface area contributed by atoms with Crippen LogP contribution in [-0.2, 0) is 4.79 Å². The molecule has 0 aliphatic heterocycles. The van der Waals surface area contributed by atoms with Gasteiger partial charge >= 0.3 is 0 Å². The monoisotopic (exact) mass is 325 g/mol. The minimum atomic E-state index is -0.660. The fourth-order valence-corrected chi connectivity index (χ4v) is 3.73. The molecule has 0 unspecified atom stereocenters. The van der Waals surface area contributed by atoms with Crippen LogP contribution in [0.4, 0.5) is 0 Å². The quantitative estimate of drug-likeness (QED) is 0.872. The van der Waals surface area contributed by atoms with Gasteiger partial charge in [0.15, 0.2) is 0 Å². The van der Waals surface area contributed by atoms with Crippen LogP contribution in [0.15, 0.2) is 12.1 Å². The van der Waals surface area contributed by atoms with Crippen LogP contribution in [-0.4, -0.2) is 18.0 Å². The summed E-state index contributed by atoms with van der Waals surface area (Å²) in [5, 5.41) is 15.4. The molecule has 1 aromatic heterocycles. The molecule has 2 rings (SSSR count). The lowest BCUT2D eigenvalue weighted by Gasteiger charge is -2.31. The highest BCUT2D eigenvalue weighted by Crippen LogP contribution is 2.28. The Morgan fingerprint density at radius 1 is 1.48 bits per heavy atom. The third-order valence-electron chi connectivity index (χ3n) is 3.89. The van der Waals surface area contributed by atoms with E-state index in [0.29, 0.717) is 0 Å². The molecular weight excluding hydrogens is 306 g/mol. The first kappa shape index (κ1) is 16.3. The molecule has 114 valence electrons. The van der Waals surface area contributed by atoms with Crippen molar-refractivity contribution in [2.75, 3.05) is 6.54 Å². The number of hydrogen-bond acceptors (Lipinski definition) is 4. The summed E-state index contributed by atoms with van der Waals surface area (Å²) in [6.07, 6.45) is 4.67. The van der Waals surface area contributed by atoms with Crippen molar-refractivity contribution in [1.82, 2.24) is 10.6 Å². The van der Waals surface area contributed by atoms with Gasteiger partial charge < -0.3 is 10.6 Å². The first-order chi connectivity index (χ1) is 10.0. The van der Waals surface area contributed by atoms with Gasteiger partial charge in [-0.05, 0) is 31.9 Å². The van der Waals surface area contributed by atoms with E-state index in [1.165, 1.54) is 11.3 Å². The summed E-state index contributed by atoms with van der Waals surface area (Å²) in [6.45, 7) is 2.20. The third-order valence-corrected chi connectivity index (χ3v) is 5.30. The molecule has 0 aromatic carbocycles. The predicted molar refractivity (Wildman–Crippen MR) is 85.3 cm³/mol. The number of nitrogens with one attached hydrogen (secondary N) is 2. The summed E-state index contributed by atoms with van der Waals surface area (Å²) in [5.74, 6) is -0.118. The molecule has 0 spiro atoms. The highest BCUT2D eigenvalue weighted by Gasteiger charge is 2.33. The molecule has 0 radical (unpaired) electrons. The molecule has 1 saturated carbocycles. The van der Waals surface area contributed by atoms with Crippen molar-refractivity contribution < 1.29 is 4.79 Å². The number of hydrogen-bond donors (Lipinski definition) is 2. The summed E-state index contributed by atoms with van der Waals surface area (Å²) < 4.78 is 0.744. The Kier molecular flexibility index (Phi) is 5.63. The topological polar surface area (TPSA) is 64.9 Å². The van der Waals surface area contributed by atoms with Crippen molar-refractivity contribution in [3.05, 3.63) is 21.3 Å². The number of halogens is 1. The average Bonchev–Trinajstić information content (AvgIpc) is 2.92. The van der Waals surface area contributed by atoms with Gasteiger partial charge in [-0.15, -0.1) is 11.3 Å². The lowest BCUT2D eigenvalue weighted by molar-refractivity contribution is -0.122. The summed E-state index contributed by atoms with van der Waals surface area (Å²) in [5.41, 5.74) is -0.660. The number of amides is 1. The molecule has 1 aromatic rings. The summed E-state index contributed by atoms with van der Waals surface area (Å²) in [4.78, 5) is 13.2. The zero-order chi connectivity index (χ0) is 15.3. The van der Waals surface area contributed by atoms with Crippen molar-refractivity contribution in [1.29, 1.82) is 5.26 Å². The number of thiophene rings is 1. The summed E-state index contributed by atoms with van der Waals surface area (Å²) in [7, 11) is 0. The average molecular weight is 326 g/mol. The number of nitrogens with zero attached hydrogens (tertiary/aromatic N) is 1. The van der Waals surface area contributed by atoms with Gasteiger partial charge in [0.2, 0.25) is 5.91 Å². The van der Waals surface area contributed by atoms with Crippen molar-refractivity contribution >= 4 is 28.8 Å². The molecule has 1 fully saturated rings. The zero-order valence-corrected chi connectivity index (χ0v) is 13.7. The van der Waals surface area contributed by atoms with Crippen LogP contribution >= 0.6 is 22.9 Å². The molecule has 4 nitrogen and oxygen atoms in total. The number of nitriles is 1. The van der Waals surface area contributed by atoms with E-state index in [2.05, 4.69) is 16.7 Å². The van der Waals surface area contributed by atoms with E-state index >= 15 is 0 Å². The number of carbonyl (C=O) groups is 1. The van der Waals surface area contributed by atoms with Crippen LogP contribution in [0.25, 0.3) is 0 Å². The first-order valence-corrected chi connectivity index (χ1v) is 8.45. The normalized spacial score (nSPS) is 18.7. The molecule has 1 aliphatic rings. The molecule has 0 saturated heterocycles. The Labute approximate surface area is 134 Å². The van der Waals surface area contributed by atoms with Gasteiger partial charge in [-0.2, -0.15) is 5.26 Å². The largest absolute Gasteiger partial charge is 0.337 e. The van der Waals surface area contributed by atoms with Crippen LogP contribution in [0.3, 0.4) is 0 Å². The molecule has 1 atom stereocenters. The molecular formula is C15H20ClN3OS. The highest BCUT2D eigenvalue weighted by molar-refractivity contribution is 7.16. The Morgan fingerprint density at radius 2 is 2.19 bits per heavy atom. The molecule has 1 heterocycles. The van der Waals surface area contributed by atoms with Crippen LogP contribution in [0.5, 0.6) is 0 Å². The van der Waals surface area contributed by atoms with Crippen LogP contribution in [0, 0.1) is 11.3 Å². The lowest BCUT2D eigenvalue weighted by Crippen LogP contribution is -2.51. The van der Waals surface area contributed by atoms with E-state index in [1.807, 2.05) is 19.1 Å². The predicted octanol–water partition coefficient (Wildman–Crippen LogP) is 3.39. The standard InChI is InChI=1S/C15H20ClN3OS/c1-11(12-5-6-13(16)21-12)18-9-14(20)19-15(10-17)7-3-2-4-8-15/h5-6,11,18H,2-4,7-9H2,1H3,(H,19,20)/t11-/m1/s1. The van der Waals surface area contributed by atoms with E-state index in [1.54, 1.807) is 0 Å². The molecule has 0 bridgehead atoms. The molecule has 21 heavy (non-hydrogen) atoms. The SMILES string of the molecule is C[C@@H](NCC(=O)NC1(C#N)CCCCC1)c1ccc(Cl)s1. The number of rotatable bonds is 5. The minimum Gasteiger partial charge on any atom is -0.337 e. The van der Waals surface area contributed by atoms with E-state index < -0.39 is 5.54 Å². The van der Waals surface area contributed by atoms with E-state index in [-0.39, 0.29) is 18.5 Å². The zero-order valence-electron chi connectivity index (χ0n) is 12.1. The molecule has 2 N–H and O–H groups in total. The Bertz CT molecular complexity index is 531. The maximum absolute atomic E-state index is 12.1.